The third kappa shape index (κ3) is 4.63. The van der Waals surface area contributed by atoms with Crippen molar-refractivity contribution in [3.8, 4) is 11.3 Å². The molecule has 0 radical (unpaired) electrons. The molecule has 3 heterocycles. The van der Waals surface area contributed by atoms with Crippen LogP contribution in [0.2, 0.25) is 0 Å². The number of carbonyl (C=O) groups excluding carboxylic acids is 1. The highest BCUT2D eigenvalue weighted by Gasteiger charge is 2.21. The number of hydrogen-bond donors (Lipinski definition) is 1. The van der Waals surface area contributed by atoms with Crippen molar-refractivity contribution in [2.75, 3.05) is 6.26 Å². The first-order valence-electron chi connectivity index (χ1n) is 11.0. The fourth-order valence-corrected chi connectivity index (χ4v) is 5.53. The summed E-state index contributed by atoms with van der Waals surface area (Å²) >= 11 is 1.70. The number of rotatable bonds is 6. The molecule has 34 heavy (non-hydrogen) atoms. The van der Waals surface area contributed by atoms with Gasteiger partial charge in [0, 0.05) is 27.6 Å². The Bertz CT molecular complexity index is 1480. The lowest BCUT2D eigenvalue weighted by Gasteiger charge is -2.16. The first kappa shape index (κ1) is 24.1. The molecule has 4 aromatic rings. The molecule has 3 aromatic heterocycles. The molecule has 1 atom stereocenters. The van der Waals surface area contributed by atoms with Crippen LogP contribution < -0.4 is 5.32 Å². The van der Waals surface area contributed by atoms with Gasteiger partial charge in [0.1, 0.15) is 0 Å². The number of aromatic nitrogens is 3. The number of thiophene rings is 1. The molecule has 0 bridgehead atoms. The molecule has 0 spiro atoms. The van der Waals surface area contributed by atoms with E-state index < -0.39 is 9.84 Å². The lowest BCUT2D eigenvalue weighted by atomic mass is 10.0. The lowest BCUT2D eigenvalue weighted by Crippen LogP contribution is -2.27. The van der Waals surface area contributed by atoms with E-state index in [9.17, 15) is 13.2 Å². The third-order valence-corrected chi connectivity index (χ3v) is 7.87. The zero-order valence-electron chi connectivity index (χ0n) is 20.1. The number of nitrogens with one attached hydrogen (secondary N) is 1. The highest BCUT2D eigenvalue weighted by molar-refractivity contribution is 7.90. The summed E-state index contributed by atoms with van der Waals surface area (Å²) in [6.45, 7) is 10.0. The second-order valence-electron chi connectivity index (χ2n) is 8.84. The Morgan fingerprint density at radius 2 is 1.76 bits per heavy atom. The van der Waals surface area contributed by atoms with Crippen molar-refractivity contribution in [1.82, 2.24) is 20.1 Å². The van der Waals surface area contributed by atoms with Crippen LogP contribution in [0.4, 0.5) is 0 Å². The van der Waals surface area contributed by atoms with Crippen molar-refractivity contribution in [2.45, 2.75) is 51.6 Å². The lowest BCUT2D eigenvalue weighted by molar-refractivity contribution is 0.0941. The Balaban J connectivity index is 1.74. The number of benzene rings is 1. The van der Waals surface area contributed by atoms with E-state index in [-0.39, 0.29) is 22.9 Å². The standard InChI is InChI=1S/C25H28N4O3S2/c1-14(2)29-24-22(13-26-29)21(12-23(28-24)20-11-15(3)33-17(20)5)25(30)27-16(4)18-7-9-19(10-8-18)34(6,31)32/h7-14,16H,1-6H3,(H,27,30). The molecule has 4 rings (SSSR count). The minimum Gasteiger partial charge on any atom is -0.345 e. The first-order chi connectivity index (χ1) is 16.0. The average Bonchev–Trinajstić information content (AvgIpc) is 3.34. The van der Waals surface area contributed by atoms with Gasteiger partial charge in [-0.05, 0) is 64.4 Å². The summed E-state index contributed by atoms with van der Waals surface area (Å²) < 4.78 is 25.3. The summed E-state index contributed by atoms with van der Waals surface area (Å²) in [5.74, 6) is -0.235. The van der Waals surface area contributed by atoms with E-state index >= 15 is 0 Å². The summed E-state index contributed by atoms with van der Waals surface area (Å²) in [6, 6.07) is 10.3. The normalized spacial score (nSPS) is 12.9. The summed E-state index contributed by atoms with van der Waals surface area (Å²) in [5, 5.41) is 8.23. The molecule has 1 amide bonds. The SMILES string of the molecule is Cc1cc(-c2cc(C(=O)NC(C)c3ccc(S(C)(=O)=O)cc3)c3cnn(C(C)C)c3n2)c(C)s1. The number of fused-ring (bicyclic) bond motifs is 1. The van der Waals surface area contributed by atoms with Crippen molar-refractivity contribution in [3.05, 3.63) is 63.5 Å². The molecule has 0 aliphatic carbocycles. The molecular formula is C25H28N4O3S2. The number of nitrogens with zero attached hydrogens (tertiary/aromatic N) is 3. The van der Waals surface area contributed by atoms with E-state index in [4.69, 9.17) is 4.98 Å². The average molecular weight is 497 g/mol. The Morgan fingerprint density at radius 3 is 2.32 bits per heavy atom. The number of amides is 1. The Morgan fingerprint density at radius 1 is 1.09 bits per heavy atom. The zero-order chi connectivity index (χ0) is 24.8. The molecule has 0 aliphatic rings. The van der Waals surface area contributed by atoms with Crippen LogP contribution in [-0.4, -0.2) is 35.3 Å². The van der Waals surface area contributed by atoms with Crippen LogP contribution in [0.5, 0.6) is 0 Å². The van der Waals surface area contributed by atoms with Gasteiger partial charge in [-0.1, -0.05) is 12.1 Å². The number of aryl methyl sites for hydroxylation is 2. The van der Waals surface area contributed by atoms with Crippen LogP contribution >= 0.6 is 11.3 Å². The highest BCUT2D eigenvalue weighted by atomic mass is 32.2. The van der Waals surface area contributed by atoms with E-state index in [1.807, 2.05) is 31.5 Å². The largest absolute Gasteiger partial charge is 0.345 e. The number of sulfone groups is 1. The fourth-order valence-electron chi connectivity index (χ4n) is 3.97. The second-order valence-corrected chi connectivity index (χ2v) is 12.3. The summed E-state index contributed by atoms with van der Waals surface area (Å²) in [6.07, 6.45) is 2.87. The van der Waals surface area contributed by atoms with E-state index in [0.29, 0.717) is 16.6 Å². The van der Waals surface area contributed by atoms with E-state index in [1.54, 1.807) is 41.8 Å². The molecular weight excluding hydrogens is 468 g/mol. The molecule has 178 valence electrons. The Labute approximate surface area is 203 Å². The van der Waals surface area contributed by atoms with Crippen molar-refractivity contribution in [3.63, 3.8) is 0 Å². The number of pyridine rings is 1. The topological polar surface area (TPSA) is 94.0 Å². The fraction of sp³-hybridized carbons (Fsp3) is 0.320. The maximum Gasteiger partial charge on any atom is 0.252 e. The molecule has 9 heteroatoms. The van der Waals surface area contributed by atoms with Crippen molar-refractivity contribution in [1.29, 1.82) is 0 Å². The highest BCUT2D eigenvalue weighted by Crippen LogP contribution is 2.32. The van der Waals surface area contributed by atoms with Crippen molar-refractivity contribution < 1.29 is 13.2 Å². The van der Waals surface area contributed by atoms with Gasteiger partial charge in [0.25, 0.3) is 5.91 Å². The monoisotopic (exact) mass is 496 g/mol. The van der Waals surface area contributed by atoms with E-state index in [2.05, 4.69) is 30.3 Å². The van der Waals surface area contributed by atoms with Gasteiger partial charge in [0.05, 0.1) is 33.8 Å². The van der Waals surface area contributed by atoms with Crippen LogP contribution in [0.3, 0.4) is 0 Å². The van der Waals surface area contributed by atoms with Crippen LogP contribution in [-0.2, 0) is 9.84 Å². The minimum absolute atomic E-state index is 0.0914. The minimum atomic E-state index is -3.28. The van der Waals surface area contributed by atoms with Crippen LogP contribution in [0.15, 0.2) is 47.5 Å². The van der Waals surface area contributed by atoms with Gasteiger partial charge in [0.2, 0.25) is 0 Å². The van der Waals surface area contributed by atoms with Crippen molar-refractivity contribution in [2.24, 2.45) is 0 Å². The van der Waals surface area contributed by atoms with Gasteiger partial charge in [-0.25, -0.2) is 18.1 Å². The zero-order valence-corrected chi connectivity index (χ0v) is 21.7. The predicted octanol–water partition coefficient (Wildman–Crippen LogP) is 5.25. The number of carbonyl (C=O) groups is 1. The summed E-state index contributed by atoms with van der Waals surface area (Å²) in [5.41, 5.74) is 3.75. The van der Waals surface area contributed by atoms with Gasteiger partial charge >= 0.3 is 0 Å². The third-order valence-electron chi connectivity index (χ3n) is 5.77. The Kier molecular flexibility index (Phi) is 6.35. The maximum absolute atomic E-state index is 13.5. The first-order valence-corrected chi connectivity index (χ1v) is 13.7. The van der Waals surface area contributed by atoms with Gasteiger partial charge < -0.3 is 5.32 Å². The molecule has 0 saturated heterocycles. The van der Waals surface area contributed by atoms with Gasteiger partial charge in [-0.15, -0.1) is 11.3 Å². The van der Waals surface area contributed by atoms with E-state index in [1.165, 1.54) is 11.1 Å². The Hall–Kier alpha value is -3.04. The molecule has 0 saturated carbocycles. The second kappa shape index (κ2) is 8.96. The van der Waals surface area contributed by atoms with Gasteiger partial charge in [-0.2, -0.15) is 5.10 Å². The molecule has 1 N–H and O–H groups in total. The van der Waals surface area contributed by atoms with Gasteiger partial charge in [-0.3, -0.25) is 4.79 Å². The van der Waals surface area contributed by atoms with Crippen molar-refractivity contribution >= 4 is 38.1 Å². The summed E-state index contributed by atoms with van der Waals surface area (Å²) in [4.78, 5) is 20.9. The maximum atomic E-state index is 13.5. The predicted molar refractivity (Wildman–Crippen MR) is 136 cm³/mol. The van der Waals surface area contributed by atoms with Gasteiger partial charge in [0.15, 0.2) is 15.5 Å². The van der Waals surface area contributed by atoms with Crippen LogP contribution in [0.25, 0.3) is 22.3 Å². The quantitative estimate of drug-likeness (QED) is 0.393. The molecule has 7 nitrogen and oxygen atoms in total. The molecule has 1 unspecified atom stereocenters. The molecule has 1 aromatic carbocycles. The van der Waals surface area contributed by atoms with Crippen LogP contribution in [0, 0.1) is 13.8 Å². The summed E-state index contributed by atoms with van der Waals surface area (Å²) in [7, 11) is -3.28. The number of hydrogen-bond acceptors (Lipinski definition) is 6. The van der Waals surface area contributed by atoms with E-state index in [0.717, 1.165) is 21.7 Å². The molecule has 0 aliphatic heterocycles. The smallest absolute Gasteiger partial charge is 0.252 e. The van der Waals surface area contributed by atoms with Crippen LogP contribution in [0.1, 0.15) is 58.5 Å². The molecule has 0 fully saturated rings.